The molecule has 0 saturated carbocycles. The Labute approximate surface area is 310 Å². The van der Waals surface area contributed by atoms with Crippen LogP contribution >= 0.6 is 0 Å². The van der Waals surface area contributed by atoms with Crippen molar-refractivity contribution < 1.29 is 110 Å². The van der Waals surface area contributed by atoms with Crippen molar-refractivity contribution in [2.24, 2.45) is 0 Å². The van der Waals surface area contributed by atoms with Crippen LogP contribution in [-0.4, -0.2) is 132 Å². The van der Waals surface area contributed by atoms with Crippen molar-refractivity contribution >= 4 is 29.5 Å². The quantitative estimate of drug-likeness (QED) is 0.0277. The number of carbonyl (C=O) groups is 5. The van der Waals surface area contributed by atoms with E-state index in [9.17, 15) is 95.5 Å². The van der Waals surface area contributed by atoms with Crippen molar-refractivity contribution in [3.63, 3.8) is 0 Å². The average molecular weight is 789 g/mol. The fourth-order valence-electron chi connectivity index (χ4n) is 4.78. The highest BCUT2D eigenvalue weighted by molar-refractivity contribution is 6.45. The van der Waals surface area contributed by atoms with Gasteiger partial charge in [0.25, 0.3) is 0 Å². The molecule has 0 bridgehead atoms. The summed E-state index contributed by atoms with van der Waals surface area (Å²) in [6, 6.07) is 3.72. The minimum atomic E-state index is -3.03. The third-order valence-electron chi connectivity index (χ3n) is 7.64. The standard InChI is InChI=1S/C34H28O22/c35-9-22(44)29(54-32(51)11-3-16(38)25(47)17(39)4-11)31(56-34(53)13-7-20(42)27(49)21(43)8-13)30(55-33(52)12-5-18(40)26(48)19(41)6-12)28(50)23(45)10-1-14(36)24(46)15(37)2-10/h1-8,22,29-31,35-44,46-49H,9H2/t22-,29-,30+,31+/m1/s1. The maximum atomic E-state index is 14.0. The Balaban J connectivity index is 1.96. The first kappa shape index (κ1) is 40.9. The van der Waals surface area contributed by atoms with Crippen LogP contribution < -0.4 is 0 Å². The molecule has 0 aliphatic carbocycles. The van der Waals surface area contributed by atoms with E-state index in [0.717, 1.165) is 0 Å². The SMILES string of the molecule is O=C(O[C@@H]([C@H](OC(=O)c1cc(O)c(O)c(O)c1)[C@@H](OC(=O)c1cc(O)c(O)c(O)c1)C(=O)C(=O)c1cc(O)c(O)c(O)c1)[C@H](O)CO)c1cc(O)c(O)c(O)c1. The van der Waals surface area contributed by atoms with Crippen molar-refractivity contribution in [2.75, 3.05) is 6.61 Å². The Bertz CT molecular complexity index is 2150. The van der Waals surface area contributed by atoms with E-state index < -0.39 is 152 Å². The molecular weight excluding hydrogens is 760 g/mol. The molecule has 0 fully saturated rings. The Morgan fingerprint density at radius 2 is 0.696 bits per heavy atom. The molecule has 0 aliphatic rings. The number of phenolic OH excluding ortho intramolecular Hbond substituents is 12. The number of benzene rings is 4. The molecule has 0 radical (unpaired) electrons. The fraction of sp³-hybridized carbons (Fsp3) is 0.147. The number of ketones is 2. The predicted molar refractivity (Wildman–Crippen MR) is 176 cm³/mol. The number of hydrogen-bond donors (Lipinski definition) is 14. The molecule has 0 saturated heterocycles. The van der Waals surface area contributed by atoms with Gasteiger partial charge in [0, 0.05) is 5.56 Å². The van der Waals surface area contributed by atoms with Gasteiger partial charge in [0.05, 0.1) is 23.3 Å². The number of aliphatic hydroxyl groups is 2. The van der Waals surface area contributed by atoms with Crippen LogP contribution in [0.2, 0.25) is 0 Å². The molecule has 4 rings (SSSR count). The van der Waals surface area contributed by atoms with E-state index in [1.165, 1.54) is 0 Å². The number of aliphatic hydroxyl groups excluding tert-OH is 2. The van der Waals surface area contributed by atoms with Gasteiger partial charge in [-0.25, -0.2) is 14.4 Å². The number of rotatable bonds is 13. The average Bonchev–Trinajstić information content (AvgIpc) is 3.15. The third kappa shape index (κ3) is 8.35. The number of Topliss-reactive ketones (excluding diaryl/α,β-unsaturated/α-hetero) is 2. The number of ether oxygens (including phenoxy) is 3. The molecule has 22 heteroatoms. The second kappa shape index (κ2) is 16.0. The first-order valence-electron chi connectivity index (χ1n) is 15.2. The largest absolute Gasteiger partial charge is 0.504 e. The molecular formula is C34H28O22. The highest BCUT2D eigenvalue weighted by Crippen LogP contribution is 2.39. The van der Waals surface area contributed by atoms with Crippen LogP contribution in [0.25, 0.3) is 0 Å². The van der Waals surface area contributed by atoms with Gasteiger partial charge < -0.3 is 85.7 Å². The molecule has 4 aromatic rings. The summed E-state index contributed by atoms with van der Waals surface area (Å²) in [7, 11) is 0. The summed E-state index contributed by atoms with van der Waals surface area (Å²) in [6.07, 6.45) is -11.1. The molecule has 4 aromatic carbocycles. The molecule has 0 aliphatic heterocycles. The summed E-state index contributed by atoms with van der Waals surface area (Å²) in [5, 5.41) is 139. The zero-order valence-corrected chi connectivity index (χ0v) is 27.7. The fourth-order valence-corrected chi connectivity index (χ4v) is 4.78. The van der Waals surface area contributed by atoms with Gasteiger partial charge in [-0.1, -0.05) is 0 Å². The van der Waals surface area contributed by atoms with Crippen LogP contribution in [0.3, 0.4) is 0 Å². The lowest BCUT2D eigenvalue weighted by Gasteiger charge is -2.33. The molecule has 0 aromatic heterocycles. The monoisotopic (exact) mass is 788 g/mol. The lowest BCUT2D eigenvalue weighted by atomic mass is 9.94. The second-order valence-corrected chi connectivity index (χ2v) is 11.5. The number of carbonyl (C=O) groups excluding carboxylic acids is 5. The van der Waals surface area contributed by atoms with E-state index >= 15 is 0 Å². The van der Waals surface area contributed by atoms with Crippen LogP contribution in [0, 0.1) is 0 Å². The Hall–Kier alpha value is -7.85. The zero-order chi connectivity index (χ0) is 41.9. The summed E-state index contributed by atoms with van der Waals surface area (Å²) in [6.45, 7) is -1.47. The van der Waals surface area contributed by atoms with Crippen LogP contribution in [0.5, 0.6) is 69.0 Å². The summed E-state index contributed by atoms with van der Waals surface area (Å²) < 4.78 is 15.6. The summed E-state index contributed by atoms with van der Waals surface area (Å²) in [4.78, 5) is 67.9. The normalized spacial score (nSPS) is 13.1. The zero-order valence-electron chi connectivity index (χ0n) is 27.7. The molecule has 0 heterocycles. The molecule has 0 spiro atoms. The Morgan fingerprint density at radius 1 is 0.429 bits per heavy atom. The van der Waals surface area contributed by atoms with Crippen molar-refractivity contribution in [3.05, 3.63) is 70.8 Å². The maximum absolute atomic E-state index is 14.0. The van der Waals surface area contributed by atoms with Gasteiger partial charge in [-0.05, 0) is 48.5 Å². The molecule has 56 heavy (non-hydrogen) atoms. The topological polar surface area (TPSA) is 396 Å². The smallest absolute Gasteiger partial charge is 0.339 e. The van der Waals surface area contributed by atoms with Crippen LogP contribution in [-0.2, 0) is 19.0 Å². The highest BCUT2D eigenvalue weighted by Gasteiger charge is 2.48. The molecule has 14 N–H and O–H groups in total. The lowest BCUT2D eigenvalue weighted by molar-refractivity contribution is -0.147. The van der Waals surface area contributed by atoms with Crippen LogP contribution in [0.4, 0.5) is 0 Å². The second-order valence-electron chi connectivity index (χ2n) is 11.5. The van der Waals surface area contributed by atoms with Gasteiger partial charge in [0.2, 0.25) is 17.7 Å². The number of aromatic hydroxyl groups is 12. The summed E-state index contributed by atoms with van der Waals surface area (Å²) >= 11 is 0. The molecule has 22 nitrogen and oxygen atoms in total. The third-order valence-corrected chi connectivity index (χ3v) is 7.64. The molecule has 0 amide bonds. The summed E-state index contributed by atoms with van der Waals surface area (Å²) in [5.41, 5.74) is -3.61. The minimum Gasteiger partial charge on any atom is -0.504 e. The molecule has 0 unspecified atom stereocenters. The van der Waals surface area contributed by atoms with E-state index in [-0.39, 0.29) is 0 Å². The highest BCUT2D eigenvalue weighted by atomic mass is 16.6. The van der Waals surface area contributed by atoms with Crippen molar-refractivity contribution in [3.8, 4) is 69.0 Å². The van der Waals surface area contributed by atoms with Crippen molar-refractivity contribution in [1.82, 2.24) is 0 Å². The Morgan fingerprint density at radius 3 is 1.00 bits per heavy atom. The van der Waals surface area contributed by atoms with E-state index in [0.29, 0.717) is 48.5 Å². The molecule has 4 atom stereocenters. The van der Waals surface area contributed by atoms with Gasteiger partial charge in [0.15, 0.2) is 81.2 Å². The predicted octanol–water partition coefficient (Wildman–Crippen LogP) is -0.0644. The molecule has 296 valence electrons. The Kier molecular flexibility index (Phi) is 11.7. The van der Waals surface area contributed by atoms with Crippen molar-refractivity contribution in [1.29, 1.82) is 0 Å². The van der Waals surface area contributed by atoms with Gasteiger partial charge >= 0.3 is 17.9 Å². The van der Waals surface area contributed by atoms with Crippen molar-refractivity contribution in [2.45, 2.75) is 24.4 Å². The van der Waals surface area contributed by atoms with Gasteiger partial charge in [0.1, 0.15) is 6.10 Å². The lowest BCUT2D eigenvalue weighted by Crippen LogP contribution is -2.55. The minimum absolute atomic E-state index is 0.428. The van der Waals surface area contributed by atoms with Gasteiger partial charge in [-0.15, -0.1) is 0 Å². The van der Waals surface area contributed by atoms with E-state index in [1.807, 2.05) is 0 Å². The first-order valence-corrected chi connectivity index (χ1v) is 15.2. The maximum Gasteiger partial charge on any atom is 0.339 e. The van der Waals surface area contributed by atoms with E-state index in [1.54, 1.807) is 0 Å². The van der Waals surface area contributed by atoms with Crippen LogP contribution in [0.1, 0.15) is 41.4 Å². The number of phenols is 12. The van der Waals surface area contributed by atoms with Gasteiger partial charge in [-0.2, -0.15) is 0 Å². The van der Waals surface area contributed by atoms with Gasteiger partial charge in [-0.3, -0.25) is 9.59 Å². The first-order chi connectivity index (χ1) is 26.2. The summed E-state index contributed by atoms with van der Waals surface area (Å²) in [5.74, 6) is -23.0. The number of hydrogen-bond acceptors (Lipinski definition) is 22. The van der Waals surface area contributed by atoms with Crippen LogP contribution in [0.15, 0.2) is 48.5 Å². The van der Waals surface area contributed by atoms with E-state index in [4.69, 9.17) is 14.2 Å². The van der Waals surface area contributed by atoms with E-state index in [2.05, 4.69) is 0 Å². The number of esters is 3.